The molecule has 1 aromatic carbocycles. The van der Waals surface area contributed by atoms with Crippen LogP contribution < -0.4 is 10.2 Å². The second-order valence-corrected chi connectivity index (χ2v) is 9.68. The molecule has 0 aromatic heterocycles. The van der Waals surface area contributed by atoms with Gasteiger partial charge in [0.15, 0.2) is 5.78 Å². The summed E-state index contributed by atoms with van der Waals surface area (Å²) in [6, 6.07) is 8.32. The fourth-order valence-electron chi connectivity index (χ4n) is 4.89. The Labute approximate surface area is 192 Å². The number of hydrogen-bond acceptors (Lipinski definition) is 5. The Morgan fingerprint density at radius 3 is 2.38 bits per heavy atom. The molecular weight excluding hydrogens is 400 g/mol. The molecule has 0 amide bonds. The molecule has 174 valence electrons. The molecule has 1 aliphatic carbocycles. The summed E-state index contributed by atoms with van der Waals surface area (Å²) in [4.78, 5) is 28.8. The van der Waals surface area contributed by atoms with Gasteiger partial charge in [-0.25, -0.2) is 4.79 Å². The van der Waals surface area contributed by atoms with E-state index < -0.39 is 5.92 Å². The smallest absolute Gasteiger partial charge is 0.336 e. The van der Waals surface area contributed by atoms with Crippen molar-refractivity contribution in [3.05, 3.63) is 52.4 Å². The minimum Gasteiger partial charge on any atom is -0.462 e. The van der Waals surface area contributed by atoms with E-state index in [1.807, 2.05) is 6.92 Å². The lowest BCUT2D eigenvalue weighted by molar-refractivity contribution is -0.139. The van der Waals surface area contributed by atoms with E-state index in [1.165, 1.54) is 0 Å². The maximum Gasteiger partial charge on any atom is 0.336 e. The van der Waals surface area contributed by atoms with Crippen molar-refractivity contribution < 1.29 is 14.3 Å². The van der Waals surface area contributed by atoms with E-state index in [9.17, 15) is 9.59 Å². The third-order valence-electron chi connectivity index (χ3n) is 6.55. The van der Waals surface area contributed by atoms with E-state index in [4.69, 9.17) is 4.74 Å². The Bertz CT molecular complexity index is 921. The van der Waals surface area contributed by atoms with Crippen LogP contribution >= 0.6 is 0 Å². The first-order valence-electron chi connectivity index (χ1n) is 12.0. The molecule has 3 rings (SSSR count). The summed E-state index contributed by atoms with van der Waals surface area (Å²) in [5, 5.41) is 3.40. The molecule has 1 aliphatic heterocycles. The average molecular weight is 439 g/mol. The highest BCUT2D eigenvalue weighted by Gasteiger charge is 2.43. The summed E-state index contributed by atoms with van der Waals surface area (Å²) in [5.74, 6) is -0.604. The molecule has 5 heteroatoms. The van der Waals surface area contributed by atoms with Gasteiger partial charge in [0.2, 0.25) is 0 Å². The zero-order valence-corrected chi connectivity index (χ0v) is 20.5. The van der Waals surface area contributed by atoms with Gasteiger partial charge in [0.1, 0.15) is 0 Å². The molecule has 1 heterocycles. The molecule has 0 spiro atoms. The number of ether oxygens (including phenoxy) is 1. The molecule has 2 aliphatic rings. The van der Waals surface area contributed by atoms with Crippen molar-refractivity contribution in [3.63, 3.8) is 0 Å². The predicted molar refractivity (Wildman–Crippen MR) is 129 cm³/mol. The second kappa shape index (κ2) is 9.93. The van der Waals surface area contributed by atoms with E-state index in [2.05, 4.69) is 69.1 Å². The van der Waals surface area contributed by atoms with Crippen LogP contribution in [0.5, 0.6) is 0 Å². The van der Waals surface area contributed by atoms with E-state index in [1.54, 1.807) is 0 Å². The largest absolute Gasteiger partial charge is 0.462 e. The number of dihydropyridines is 1. The average Bonchev–Trinajstić information content (AvgIpc) is 2.73. The van der Waals surface area contributed by atoms with Crippen molar-refractivity contribution in [2.75, 3.05) is 24.6 Å². The third kappa shape index (κ3) is 4.92. The quantitative estimate of drug-likeness (QED) is 0.430. The molecular formula is C27H38N2O3. The normalized spacial score (nSPS) is 20.1. The molecule has 0 fully saturated rings. The Morgan fingerprint density at radius 2 is 1.78 bits per heavy atom. The van der Waals surface area contributed by atoms with Crippen LogP contribution in [0, 0.1) is 5.41 Å². The molecule has 1 atom stereocenters. The van der Waals surface area contributed by atoms with E-state index in [0.717, 1.165) is 60.6 Å². The van der Waals surface area contributed by atoms with Gasteiger partial charge in [-0.2, -0.15) is 0 Å². The SMILES string of the molecule is CCCCOC(=O)C1=C(C)NC2=C(C(=O)CC(C)(C)C2)[C@@H]1c1ccc(N(CC)CC)cc1. The number of hydrogen-bond donors (Lipinski definition) is 1. The highest BCUT2D eigenvalue weighted by atomic mass is 16.5. The molecule has 0 unspecified atom stereocenters. The molecule has 5 nitrogen and oxygen atoms in total. The van der Waals surface area contributed by atoms with Crippen molar-refractivity contribution >= 4 is 17.4 Å². The number of unbranched alkanes of at least 4 members (excludes halogenated alkanes) is 1. The van der Waals surface area contributed by atoms with Gasteiger partial charge in [-0.05, 0) is 56.7 Å². The topological polar surface area (TPSA) is 58.6 Å². The number of Topliss-reactive ketones (excluding diaryl/α,β-unsaturated/α-hetero) is 1. The number of rotatable bonds is 8. The number of allylic oxidation sites excluding steroid dienone is 3. The number of carbonyl (C=O) groups is 2. The van der Waals surface area contributed by atoms with Crippen LogP contribution in [0.1, 0.15) is 78.7 Å². The van der Waals surface area contributed by atoms with Gasteiger partial charge in [0.05, 0.1) is 12.2 Å². The van der Waals surface area contributed by atoms with Crippen LogP contribution in [-0.2, 0) is 14.3 Å². The summed E-state index contributed by atoms with van der Waals surface area (Å²) >= 11 is 0. The highest BCUT2D eigenvalue weighted by molar-refractivity contribution is 6.04. The summed E-state index contributed by atoms with van der Waals surface area (Å²) in [6.07, 6.45) is 3.06. The van der Waals surface area contributed by atoms with Crippen LogP contribution in [0.2, 0.25) is 0 Å². The molecule has 0 radical (unpaired) electrons. The lowest BCUT2D eigenvalue weighted by Gasteiger charge is -2.39. The van der Waals surface area contributed by atoms with Crippen molar-refractivity contribution in [2.24, 2.45) is 5.41 Å². The van der Waals surface area contributed by atoms with Gasteiger partial charge in [0, 0.05) is 48.1 Å². The fourth-order valence-corrected chi connectivity index (χ4v) is 4.89. The van der Waals surface area contributed by atoms with Crippen LogP contribution in [0.3, 0.4) is 0 Å². The lowest BCUT2D eigenvalue weighted by Crippen LogP contribution is -2.38. The van der Waals surface area contributed by atoms with Gasteiger partial charge in [-0.1, -0.05) is 39.3 Å². The van der Waals surface area contributed by atoms with E-state index >= 15 is 0 Å². The monoisotopic (exact) mass is 438 g/mol. The predicted octanol–water partition coefficient (Wildman–Crippen LogP) is 5.48. The zero-order chi connectivity index (χ0) is 23.5. The van der Waals surface area contributed by atoms with Crippen LogP contribution in [0.4, 0.5) is 5.69 Å². The standard InChI is InChI=1S/C27H38N2O3/c1-7-10-15-32-26(31)23-18(4)28-21-16-27(5,6)17-22(30)25(21)24(23)19-11-13-20(14-12-19)29(8-2)9-3/h11-14,24,28H,7-10,15-17H2,1-6H3/t24-/m1/s1. The Balaban J connectivity index is 2.06. The van der Waals surface area contributed by atoms with Gasteiger partial charge < -0.3 is 15.0 Å². The van der Waals surface area contributed by atoms with Crippen LogP contribution in [0.25, 0.3) is 0 Å². The summed E-state index contributed by atoms with van der Waals surface area (Å²) in [6.45, 7) is 14.8. The number of benzene rings is 1. The van der Waals surface area contributed by atoms with Crippen molar-refractivity contribution in [1.82, 2.24) is 5.32 Å². The summed E-state index contributed by atoms with van der Waals surface area (Å²) < 4.78 is 5.62. The number of anilines is 1. The van der Waals surface area contributed by atoms with E-state index in [-0.39, 0.29) is 17.2 Å². The number of ketones is 1. The molecule has 0 saturated heterocycles. The maximum atomic E-state index is 13.4. The first-order chi connectivity index (χ1) is 15.2. The number of esters is 1. The first kappa shape index (κ1) is 24.1. The van der Waals surface area contributed by atoms with Crippen molar-refractivity contribution in [1.29, 1.82) is 0 Å². The molecule has 0 saturated carbocycles. The van der Waals surface area contributed by atoms with Gasteiger partial charge in [-0.3, -0.25) is 4.79 Å². The molecule has 32 heavy (non-hydrogen) atoms. The minimum atomic E-state index is -0.394. The second-order valence-electron chi connectivity index (χ2n) is 9.68. The van der Waals surface area contributed by atoms with Crippen LogP contribution in [0.15, 0.2) is 46.8 Å². The number of carbonyl (C=O) groups excluding carboxylic acids is 2. The van der Waals surface area contributed by atoms with Gasteiger partial charge >= 0.3 is 5.97 Å². The fraction of sp³-hybridized carbons (Fsp3) is 0.556. The molecule has 1 aromatic rings. The third-order valence-corrected chi connectivity index (χ3v) is 6.55. The Hall–Kier alpha value is -2.56. The minimum absolute atomic E-state index is 0.0977. The highest BCUT2D eigenvalue weighted by Crippen LogP contribution is 2.47. The van der Waals surface area contributed by atoms with Gasteiger partial charge in [-0.15, -0.1) is 0 Å². The van der Waals surface area contributed by atoms with Crippen LogP contribution in [-0.4, -0.2) is 31.4 Å². The van der Waals surface area contributed by atoms with E-state index in [0.29, 0.717) is 18.6 Å². The van der Waals surface area contributed by atoms with Crippen molar-refractivity contribution in [3.8, 4) is 0 Å². The number of nitrogens with zero attached hydrogens (tertiary/aromatic N) is 1. The maximum absolute atomic E-state index is 13.4. The zero-order valence-electron chi connectivity index (χ0n) is 20.5. The van der Waals surface area contributed by atoms with Gasteiger partial charge in [0.25, 0.3) is 0 Å². The van der Waals surface area contributed by atoms with Crippen molar-refractivity contribution in [2.45, 2.75) is 73.1 Å². The first-order valence-corrected chi connectivity index (χ1v) is 12.0. The molecule has 0 bridgehead atoms. The summed E-state index contributed by atoms with van der Waals surface area (Å²) in [5.41, 5.74) is 5.03. The Kier molecular flexibility index (Phi) is 7.47. The Morgan fingerprint density at radius 1 is 1.12 bits per heavy atom. The summed E-state index contributed by atoms with van der Waals surface area (Å²) in [7, 11) is 0. The number of nitrogens with one attached hydrogen (secondary N) is 1. The lowest BCUT2D eigenvalue weighted by atomic mass is 9.68. The molecule has 1 N–H and O–H groups in total.